The number of benzene rings is 2. The van der Waals surface area contributed by atoms with E-state index >= 15 is 0 Å². The molecular formula is C37H43FN6O3. The highest BCUT2D eigenvalue weighted by molar-refractivity contribution is 5.81. The van der Waals surface area contributed by atoms with Crippen molar-refractivity contribution in [3.05, 3.63) is 93.0 Å². The smallest absolute Gasteiger partial charge is 0.337 e. The molecule has 10 heteroatoms. The lowest BCUT2D eigenvalue weighted by molar-refractivity contribution is -0.123. The molecule has 0 spiro atoms. The molecule has 3 heterocycles. The Labute approximate surface area is 274 Å². The molecule has 3 aliphatic rings. The van der Waals surface area contributed by atoms with Gasteiger partial charge >= 0.3 is 5.69 Å². The predicted molar refractivity (Wildman–Crippen MR) is 181 cm³/mol. The van der Waals surface area contributed by atoms with Gasteiger partial charge in [0.1, 0.15) is 5.82 Å². The minimum Gasteiger partial charge on any atom is -0.353 e. The van der Waals surface area contributed by atoms with E-state index < -0.39 is 17.1 Å². The van der Waals surface area contributed by atoms with E-state index in [2.05, 4.69) is 58.2 Å². The maximum absolute atomic E-state index is 14.4. The van der Waals surface area contributed by atoms with Gasteiger partial charge in [-0.25, -0.2) is 18.7 Å². The Morgan fingerprint density at radius 2 is 1.64 bits per heavy atom. The summed E-state index contributed by atoms with van der Waals surface area (Å²) >= 11 is 0. The van der Waals surface area contributed by atoms with E-state index in [1.165, 1.54) is 20.8 Å². The van der Waals surface area contributed by atoms with Gasteiger partial charge in [-0.2, -0.15) is 0 Å². The standard InChI is InChI=1S/C37H43FN6O3/c1-24(2)42-18-16-41(17-19-42)23-25-6-8-26(9-7-25)28-4-3-5-32(20-28)43-34-33(21-29(38)22-39-34)36(46)44(37(43)47)31-14-12-30(13-15-31)40-35(45)27-10-11-27/h3-9,20-22,24,27,30-31H,10-19,23H2,1-2H3,(H,40,45). The molecule has 0 atom stereocenters. The molecule has 7 rings (SSSR count). The zero-order valence-corrected chi connectivity index (χ0v) is 27.2. The molecule has 0 unspecified atom stereocenters. The lowest BCUT2D eigenvalue weighted by atomic mass is 9.90. The zero-order chi connectivity index (χ0) is 32.7. The molecule has 2 saturated carbocycles. The highest BCUT2D eigenvalue weighted by Crippen LogP contribution is 2.32. The number of halogens is 1. The maximum Gasteiger partial charge on any atom is 0.337 e. The molecule has 2 aliphatic carbocycles. The van der Waals surface area contributed by atoms with Crippen molar-refractivity contribution in [2.75, 3.05) is 26.2 Å². The van der Waals surface area contributed by atoms with Crippen LogP contribution in [0.15, 0.2) is 70.4 Å². The van der Waals surface area contributed by atoms with Crippen LogP contribution < -0.4 is 16.6 Å². The number of hydrogen-bond donors (Lipinski definition) is 1. The summed E-state index contributed by atoms with van der Waals surface area (Å²) in [7, 11) is 0. The molecule has 0 radical (unpaired) electrons. The number of fused-ring (bicyclic) bond motifs is 1. The molecule has 246 valence electrons. The van der Waals surface area contributed by atoms with Crippen molar-refractivity contribution in [1.82, 2.24) is 29.2 Å². The first-order valence-electron chi connectivity index (χ1n) is 17.0. The number of carbonyl (C=O) groups is 1. The van der Waals surface area contributed by atoms with Crippen LogP contribution in [0.4, 0.5) is 4.39 Å². The van der Waals surface area contributed by atoms with Crippen LogP contribution >= 0.6 is 0 Å². The minimum absolute atomic E-state index is 0.0370. The minimum atomic E-state index is -0.631. The van der Waals surface area contributed by atoms with E-state index in [1.54, 1.807) is 0 Å². The van der Waals surface area contributed by atoms with Gasteiger partial charge < -0.3 is 5.32 Å². The van der Waals surface area contributed by atoms with Crippen molar-refractivity contribution in [1.29, 1.82) is 0 Å². The van der Waals surface area contributed by atoms with Crippen LogP contribution in [0.3, 0.4) is 0 Å². The second kappa shape index (κ2) is 13.2. The van der Waals surface area contributed by atoms with Gasteiger partial charge in [-0.05, 0) is 87.3 Å². The molecule has 1 amide bonds. The molecule has 0 bridgehead atoms. The first kappa shape index (κ1) is 31.4. The molecule has 2 aromatic carbocycles. The fourth-order valence-electron chi connectivity index (χ4n) is 7.20. The third-order valence-corrected chi connectivity index (χ3v) is 10.2. The Kier molecular flexibility index (Phi) is 8.81. The highest BCUT2D eigenvalue weighted by atomic mass is 19.1. The number of nitrogens with one attached hydrogen (secondary N) is 1. The largest absolute Gasteiger partial charge is 0.353 e. The number of rotatable bonds is 8. The normalized spacial score (nSPS) is 20.9. The number of hydrogen-bond acceptors (Lipinski definition) is 6. The van der Waals surface area contributed by atoms with E-state index in [0.717, 1.165) is 62.9 Å². The fourth-order valence-corrected chi connectivity index (χ4v) is 7.20. The Morgan fingerprint density at radius 3 is 2.32 bits per heavy atom. The van der Waals surface area contributed by atoms with Crippen molar-refractivity contribution in [3.63, 3.8) is 0 Å². The first-order valence-corrected chi connectivity index (χ1v) is 17.0. The molecular weight excluding hydrogens is 595 g/mol. The summed E-state index contributed by atoms with van der Waals surface area (Å²) in [5.41, 5.74) is 2.86. The molecule has 1 N–H and O–H groups in total. The number of aromatic nitrogens is 3. The van der Waals surface area contributed by atoms with Gasteiger partial charge in [0.05, 0.1) is 17.3 Å². The van der Waals surface area contributed by atoms with Gasteiger partial charge in [-0.3, -0.25) is 24.0 Å². The van der Waals surface area contributed by atoms with Crippen LogP contribution in [-0.2, 0) is 11.3 Å². The lowest BCUT2D eigenvalue weighted by Gasteiger charge is -2.36. The molecule has 9 nitrogen and oxygen atoms in total. The molecule has 1 aliphatic heterocycles. The predicted octanol–water partition coefficient (Wildman–Crippen LogP) is 4.89. The zero-order valence-electron chi connectivity index (χ0n) is 27.2. The quantitative estimate of drug-likeness (QED) is 0.296. The lowest BCUT2D eigenvalue weighted by Crippen LogP contribution is -2.48. The SMILES string of the molecule is CC(C)N1CCN(Cc2ccc(-c3cccc(-n4c(=O)n(C5CCC(NC(=O)C6CC6)CC5)c(=O)c5cc(F)cnc54)c3)cc2)CC1. The highest BCUT2D eigenvalue weighted by Gasteiger charge is 2.33. The average molecular weight is 639 g/mol. The fraction of sp³-hybridized carbons (Fsp3) is 0.459. The monoisotopic (exact) mass is 638 g/mol. The van der Waals surface area contributed by atoms with Crippen LogP contribution in [0, 0.1) is 11.7 Å². The third-order valence-electron chi connectivity index (χ3n) is 10.2. The summed E-state index contributed by atoms with van der Waals surface area (Å²) in [5.74, 6) is -0.390. The van der Waals surface area contributed by atoms with Crippen LogP contribution in [0.2, 0.25) is 0 Å². The van der Waals surface area contributed by atoms with Gasteiger partial charge in [0, 0.05) is 56.8 Å². The Balaban J connectivity index is 1.15. The van der Waals surface area contributed by atoms with Crippen molar-refractivity contribution < 1.29 is 9.18 Å². The van der Waals surface area contributed by atoms with Crippen LogP contribution in [0.25, 0.3) is 27.8 Å². The van der Waals surface area contributed by atoms with Crippen LogP contribution in [0.1, 0.15) is 64.0 Å². The summed E-state index contributed by atoms with van der Waals surface area (Å²) in [5, 5.41) is 3.20. The molecule has 4 aromatic rings. The van der Waals surface area contributed by atoms with Crippen molar-refractivity contribution >= 4 is 16.9 Å². The van der Waals surface area contributed by atoms with Gasteiger partial charge in [0.2, 0.25) is 5.91 Å². The van der Waals surface area contributed by atoms with E-state index in [1.807, 2.05) is 24.3 Å². The van der Waals surface area contributed by atoms with E-state index in [9.17, 15) is 18.8 Å². The summed E-state index contributed by atoms with van der Waals surface area (Å²) in [6, 6.07) is 17.6. The van der Waals surface area contributed by atoms with Gasteiger partial charge in [-0.15, -0.1) is 0 Å². The summed E-state index contributed by atoms with van der Waals surface area (Å²) < 4.78 is 17.2. The van der Waals surface area contributed by atoms with E-state index in [-0.39, 0.29) is 34.9 Å². The van der Waals surface area contributed by atoms with Crippen LogP contribution in [0.5, 0.6) is 0 Å². The number of pyridine rings is 1. The van der Waals surface area contributed by atoms with Crippen molar-refractivity contribution in [2.45, 2.75) is 77.0 Å². The van der Waals surface area contributed by atoms with Gasteiger partial charge in [0.25, 0.3) is 5.56 Å². The number of nitrogens with zero attached hydrogens (tertiary/aromatic N) is 5. The van der Waals surface area contributed by atoms with Crippen LogP contribution in [-0.4, -0.2) is 68.1 Å². The average Bonchev–Trinajstić information content (AvgIpc) is 3.93. The summed E-state index contributed by atoms with van der Waals surface area (Å²) in [6.07, 6.45) is 5.42. The summed E-state index contributed by atoms with van der Waals surface area (Å²) in [4.78, 5) is 49.5. The molecule has 47 heavy (non-hydrogen) atoms. The van der Waals surface area contributed by atoms with Gasteiger partial charge in [-0.1, -0.05) is 36.4 Å². The number of piperazine rings is 1. The van der Waals surface area contributed by atoms with Crippen molar-refractivity contribution in [2.24, 2.45) is 5.92 Å². The Morgan fingerprint density at radius 1 is 0.915 bits per heavy atom. The topological polar surface area (TPSA) is 92.5 Å². The van der Waals surface area contributed by atoms with Gasteiger partial charge in [0.15, 0.2) is 5.65 Å². The first-order chi connectivity index (χ1) is 22.7. The molecule has 1 saturated heterocycles. The second-order valence-electron chi connectivity index (χ2n) is 13.8. The maximum atomic E-state index is 14.4. The molecule has 3 fully saturated rings. The van der Waals surface area contributed by atoms with E-state index in [0.29, 0.717) is 37.4 Å². The van der Waals surface area contributed by atoms with E-state index in [4.69, 9.17) is 0 Å². The Bertz CT molecular complexity index is 1880. The second-order valence-corrected chi connectivity index (χ2v) is 13.8. The van der Waals surface area contributed by atoms with Crippen molar-refractivity contribution in [3.8, 4) is 16.8 Å². The summed E-state index contributed by atoms with van der Waals surface area (Å²) in [6.45, 7) is 9.70. The Hall–Kier alpha value is -4.15. The number of amides is 1. The number of carbonyl (C=O) groups excluding carboxylic acids is 1. The third kappa shape index (κ3) is 6.67. The molecule has 2 aromatic heterocycles.